The van der Waals surface area contributed by atoms with Crippen molar-refractivity contribution in [2.24, 2.45) is 5.92 Å². The number of carbonyl (C=O) groups is 2. The van der Waals surface area contributed by atoms with Crippen LogP contribution in [0.3, 0.4) is 0 Å². The Balaban J connectivity index is 1.74. The van der Waals surface area contributed by atoms with Crippen molar-refractivity contribution in [2.45, 2.75) is 31.7 Å². The lowest BCUT2D eigenvalue weighted by Gasteiger charge is -2.10. The van der Waals surface area contributed by atoms with Gasteiger partial charge in [-0.1, -0.05) is 0 Å². The van der Waals surface area contributed by atoms with Gasteiger partial charge in [-0.3, -0.25) is 9.59 Å². The van der Waals surface area contributed by atoms with E-state index in [9.17, 15) is 9.59 Å². The molecule has 2 fully saturated rings. The van der Waals surface area contributed by atoms with Gasteiger partial charge in [0, 0.05) is 18.0 Å². The largest absolute Gasteiger partial charge is 0.367 e. The predicted molar refractivity (Wildman–Crippen MR) is 76.4 cm³/mol. The van der Waals surface area contributed by atoms with Crippen molar-refractivity contribution < 1.29 is 9.59 Å². The standard InChI is InChI=1S/C14H15N5O2/c20-7-9-6-15-19-12(16-10-3-4-10)5-11(17-13(9)19)18-14(21)8-1-2-8/h5-8,10,16H,1-4H2,(H,17,18,21). The van der Waals surface area contributed by atoms with Crippen LogP contribution < -0.4 is 10.6 Å². The van der Waals surface area contributed by atoms with Crippen LogP contribution in [0.25, 0.3) is 5.65 Å². The molecule has 0 radical (unpaired) electrons. The summed E-state index contributed by atoms with van der Waals surface area (Å²) >= 11 is 0. The molecule has 0 bridgehead atoms. The first-order chi connectivity index (χ1) is 10.2. The van der Waals surface area contributed by atoms with Crippen molar-refractivity contribution in [3.05, 3.63) is 17.8 Å². The summed E-state index contributed by atoms with van der Waals surface area (Å²) in [5, 5.41) is 10.4. The number of hydrogen-bond acceptors (Lipinski definition) is 5. The van der Waals surface area contributed by atoms with Gasteiger partial charge in [0.15, 0.2) is 11.9 Å². The maximum atomic E-state index is 11.9. The predicted octanol–water partition coefficient (Wildman–Crippen LogP) is 1.46. The number of nitrogens with zero attached hydrogens (tertiary/aromatic N) is 3. The minimum absolute atomic E-state index is 0.00334. The van der Waals surface area contributed by atoms with E-state index in [2.05, 4.69) is 20.7 Å². The first kappa shape index (κ1) is 12.3. The second-order valence-corrected chi connectivity index (χ2v) is 5.66. The molecule has 2 N–H and O–H groups in total. The normalized spacial score (nSPS) is 17.7. The van der Waals surface area contributed by atoms with Gasteiger partial charge < -0.3 is 10.6 Å². The molecule has 2 aliphatic carbocycles. The van der Waals surface area contributed by atoms with Crippen LogP contribution in [0.1, 0.15) is 36.0 Å². The molecule has 0 aliphatic heterocycles. The summed E-state index contributed by atoms with van der Waals surface area (Å²) in [5.41, 5.74) is 0.873. The average molecular weight is 285 g/mol. The monoisotopic (exact) mass is 285 g/mol. The van der Waals surface area contributed by atoms with Gasteiger partial charge in [-0.15, -0.1) is 0 Å². The Hall–Kier alpha value is -2.44. The third kappa shape index (κ3) is 2.35. The van der Waals surface area contributed by atoms with Crippen LogP contribution in [0.2, 0.25) is 0 Å². The molecule has 0 aromatic carbocycles. The Morgan fingerprint density at radius 2 is 2.14 bits per heavy atom. The van der Waals surface area contributed by atoms with Crippen LogP contribution in [0, 0.1) is 5.92 Å². The van der Waals surface area contributed by atoms with Crippen molar-refractivity contribution >= 4 is 29.5 Å². The molecule has 108 valence electrons. The zero-order valence-corrected chi connectivity index (χ0v) is 11.4. The first-order valence-electron chi connectivity index (χ1n) is 7.16. The molecule has 7 nitrogen and oxygen atoms in total. The Bertz CT molecular complexity index is 730. The third-order valence-corrected chi connectivity index (χ3v) is 3.75. The molecule has 7 heteroatoms. The minimum atomic E-state index is -0.00334. The molecule has 0 spiro atoms. The number of amides is 1. The number of fused-ring (bicyclic) bond motifs is 1. The smallest absolute Gasteiger partial charge is 0.228 e. The second-order valence-electron chi connectivity index (χ2n) is 5.66. The number of rotatable bonds is 5. The van der Waals surface area contributed by atoms with Gasteiger partial charge in [0.25, 0.3) is 0 Å². The molecule has 1 amide bonds. The number of anilines is 2. The van der Waals surface area contributed by atoms with Crippen LogP contribution in [0.15, 0.2) is 12.3 Å². The maximum absolute atomic E-state index is 11.9. The zero-order chi connectivity index (χ0) is 14.4. The van der Waals surface area contributed by atoms with Crippen molar-refractivity contribution in [3.63, 3.8) is 0 Å². The van der Waals surface area contributed by atoms with E-state index in [1.165, 1.54) is 6.20 Å². The van der Waals surface area contributed by atoms with Crippen molar-refractivity contribution in [1.82, 2.24) is 14.6 Å². The lowest BCUT2D eigenvalue weighted by molar-refractivity contribution is -0.117. The Kier molecular flexibility index (Phi) is 2.66. The highest BCUT2D eigenvalue weighted by molar-refractivity contribution is 5.94. The quantitative estimate of drug-likeness (QED) is 0.812. The molecule has 21 heavy (non-hydrogen) atoms. The molecule has 0 atom stereocenters. The molecule has 2 aromatic heterocycles. The molecule has 0 saturated heterocycles. The van der Waals surface area contributed by atoms with Crippen LogP contribution in [0.4, 0.5) is 11.6 Å². The fourth-order valence-electron chi connectivity index (χ4n) is 2.24. The van der Waals surface area contributed by atoms with Gasteiger partial charge in [-0.2, -0.15) is 9.61 Å². The Morgan fingerprint density at radius 1 is 1.33 bits per heavy atom. The van der Waals surface area contributed by atoms with Gasteiger partial charge in [0.1, 0.15) is 11.6 Å². The van der Waals surface area contributed by atoms with Gasteiger partial charge in [-0.05, 0) is 25.7 Å². The summed E-state index contributed by atoms with van der Waals surface area (Å²) in [6.45, 7) is 0. The molecule has 2 aliphatic rings. The van der Waals surface area contributed by atoms with Crippen molar-refractivity contribution in [2.75, 3.05) is 10.6 Å². The van der Waals surface area contributed by atoms with Crippen LogP contribution in [-0.2, 0) is 4.79 Å². The van der Waals surface area contributed by atoms with Gasteiger partial charge in [0.2, 0.25) is 5.91 Å². The average Bonchev–Trinajstić information content (AvgIpc) is 3.37. The SMILES string of the molecule is O=Cc1cnn2c(NC3CC3)cc(NC(=O)C3CC3)nc12. The lowest BCUT2D eigenvalue weighted by atomic mass is 10.3. The molecule has 2 aromatic rings. The summed E-state index contributed by atoms with van der Waals surface area (Å²) in [5.74, 6) is 1.32. The number of hydrogen-bond donors (Lipinski definition) is 2. The fourth-order valence-corrected chi connectivity index (χ4v) is 2.24. The van der Waals surface area contributed by atoms with E-state index < -0.39 is 0 Å². The van der Waals surface area contributed by atoms with Crippen molar-refractivity contribution in [1.29, 1.82) is 0 Å². The topological polar surface area (TPSA) is 88.4 Å². The molecule has 2 heterocycles. The number of nitrogens with one attached hydrogen (secondary N) is 2. The van der Waals surface area contributed by atoms with Crippen LogP contribution in [0.5, 0.6) is 0 Å². The third-order valence-electron chi connectivity index (χ3n) is 3.75. The first-order valence-corrected chi connectivity index (χ1v) is 7.16. The highest BCUT2D eigenvalue weighted by Crippen LogP contribution is 2.31. The molecule has 4 rings (SSSR count). The van der Waals surface area contributed by atoms with E-state index in [0.29, 0.717) is 23.1 Å². The molecular formula is C14H15N5O2. The van der Waals surface area contributed by atoms with Gasteiger partial charge >= 0.3 is 0 Å². The summed E-state index contributed by atoms with van der Waals surface area (Å²) in [4.78, 5) is 27.3. The van der Waals surface area contributed by atoms with Crippen molar-refractivity contribution in [3.8, 4) is 0 Å². The zero-order valence-electron chi connectivity index (χ0n) is 11.4. The van der Waals surface area contributed by atoms with E-state index in [1.807, 2.05) is 0 Å². The van der Waals surface area contributed by atoms with E-state index >= 15 is 0 Å². The summed E-state index contributed by atoms with van der Waals surface area (Å²) in [7, 11) is 0. The number of aromatic nitrogens is 3. The van der Waals surface area contributed by atoms with E-state index in [-0.39, 0.29) is 11.8 Å². The summed E-state index contributed by atoms with van der Waals surface area (Å²) in [6, 6.07) is 2.21. The van der Waals surface area contributed by atoms with Gasteiger partial charge in [0.05, 0.1) is 11.8 Å². The highest BCUT2D eigenvalue weighted by Gasteiger charge is 2.30. The maximum Gasteiger partial charge on any atom is 0.228 e. The lowest BCUT2D eigenvalue weighted by Crippen LogP contribution is -2.16. The number of carbonyl (C=O) groups excluding carboxylic acids is 2. The fraction of sp³-hybridized carbons (Fsp3) is 0.429. The second kappa shape index (κ2) is 4.54. The van der Waals surface area contributed by atoms with Crippen LogP contribution >= 0.6 is 0 Å². The summed E-state index contributed by atoms with van der Waals surface area (Å²) < 4.78 is 1.61. The van der Waals surface area contributed by atoms with Crippen LogP contribution in [-0.4, -0.2) is 32.8 Å². The minimum Gasteiger partial charge on any atom is -0.367 e. The van der Waals surface area contributed by atoms with E-state index in [1.54, 1.807) is 10.6 Å². The summed E-state index contributed by atoms with van der Waals surface area (Å²) in [6.07, 6.45) is 6.33. The molecule has 2 saturated carbocycles. The number of aldehydes is 1. The highest BCUT2D eigenvalue weighted by atomic mass is 16.2. The van der Waals surface area contributed by atoms with E-state index in [4.69, 9.17) is 0 Å². The Morgan fingerprint density at radius 3 is 2.81 bits per heavy atom. The van der Waals surface area contributed by atoms with Gasteiger partial charge in [-0.25, -0.2) is 4.98 Å². The molecule has 0 unspecified atom stereocenters. The Labute approximate surface area is 120 Å². The van der Waals surface area contributed by atoms with E-state index in [0.717, 1.165) is 37.8 Å². The molecular weight excluding hydrogens is 270 g/mol.